The molecule has 1 fully saturated rings. The fraction of sp³-hybridized carbons (Fsp3) is 0.696. The lowest BCUT2D eigenvalue weighted by atomic mass is 10.0. The van der Waals surface area contributed by atoms with Gasteiger partial charge in [0.25, 0.3) is 0 Å². The first-order chi connectivity index (χ1) is 15.3. The molecule has 1 amide bonds. The summed E-state index contributed by atoms with van der Waals surface area (Å²) in [7, 11) is 0. The quantitative estimate of drug-likeness (QED) is 0.563. The van der Waals surface area contributed by atoms with E-state index in [2.05, 4.69) is 9.64 Å². The van der Waals surface area contributed by atoms with Gasteiger partial charge in [0.1, 0.15) is 11.4 Å². The smallest absolute Gasteiger partial charge is 0.444 e. The van der Waals surface area contributed by atoms with Crippen LogP contribution in [0.3, 0.4) is 0 Å². The van der Waals surface area contributed by atoms with Crippen LogP contribution in [0.25, 0.3) is 0 Å². The van der Waals surface area contributed by atoms with Crippen LogP contribution in [-0.2, 0) is 9.47 Å². The first-order valence-corrected chi connectivity index (χ1v) is 11.1. The summed E-state index contributed by atoms with van der Waals surface area (Å²) in [6.45, 7) is 11.0. The number of benzene rings is 1. The Labute approximate surface area is 193 Å². The largest absolute Gasteiger partial charge is 0.573 e. The second-order valence-corrected chi connectivity index (χ2v) is 9.28. The fourth-order valence-electron chi connectivity index (χ4n) is 3.79. The number of rotatable bonds is 8. The van der Waals surface area contributed by atoms with E-state index in [9.17, 15) is 18.0 Å². The van der Waals surface area contributed by atoms with Crippen LogP contribution in [-0.4, -0.2) is 78.0 Å². The number of piperazine rings is 1. The van der Waals surface area contributed by atoms with Crippen LogP contribution >= 0.6 is 0 Å². The lowest BCUT2D eigenvalue weighted by Crippen LogP contribution is -2.61. The van der Waals surface area contributed by atoms with Crippen molar-refractivity contribution in [2.24, 2.45) is 0 Å². The Morgan fingerprint density at radius 1 is 1.18 bits per heavy atom. The van der Waals surface area contributed by atoms with Crippen molar-refractivity contribution < 1.29 is 37.3 Å². The number of alkyl halides is 3. The van der Waals surface area contributed by atoms with E-state index >= 15 is 0 Å². The van der Waals surface area contributed by atoms with Crippen molar-refractivity contribution in [1.82, 2.24) is 9.80 Å². The third-order valence-electron chi connectivity index (χ3n) is 5.36. The van der Waals surface area contributed by atoms with Crippen molar-refractivity contribution in [2.45, 2.75) is 71.1 Å². The summed E-state index contributed by atoms with van der Waals surface area (Å²) >= 11 is 0. The van der Waals surface area contributed by atoms with Crippen molar-refractivity contribution in [3.8, 4) is 5.75 Å². The number of carbonyl (C=O) groups is 1. The minimum atomic E-state index is -4.74. The summed E-state index contributed by atoms with van der Waals surface area (Å²) in [4.78, 5) is 16.6. The molecule has 10 heteroatoms. The van der Waals surface area contributed by atoms with Gasteiger partial charge in [0.2, 0.25) is 0 Å². The molecule has 188 valence electrons. The zero-order chi connectivity index (χ0) is 24.8. The third kappa shape index (κ3) is 8.68. The molecule has 2 rings (SSSR count). The average Bonchev–Trinajstić information content (AvgIpc) is 2.69. The monoisotopic (exact) mass is 476 g/mol. The molecule has 1 aliphatic heterocycles. The van der Waals surface area contributed by atoms with Crippen LogP contribution < -0.4 is 4.74 Å². The molecule has 1 aromatic rings. The molecule has 1 unspecified atom stereocenters. The molecule has 1 aromatic carbocycles. The van der Waals surface area contributed by atoms with Crippen molar-refractivity contribution in [3.63, 3.8) is 0 Å². The van der Waals surface area contributed by atoms with Crippen LogP contribution in [0.4, 0.5) is 18.0 Å². The van der Waals surface area contributed by atoms with E-state index in [0.29, 0.717) is 32.7 Å². The molecule has 1 saturated heterocycles. The number of hydrogen-bond donors (Lipinski definition) is 1. The molecular formula is C23H35F3N2O5. The molecule has 0 bridgehead atoms. The molecule has 7 nitrogen and oxygen atoms in total. The van der Waals surface area contributed by atoms with Gasteiger partial charge in [-0.05, 0) is 58.7 Å². The molecular weight excluding hydrogens is 441 g/mol. The van der Waals surface area contributed by atoms with Gasteiger partial charge in [0, 0.05) is 38.4 Å². The summed E-state index contributed by atoms with van der Waals surface area (Å²) in [6.07, 6.45) is -4.62. The third-order valence-corrected chi connectivity index (χ3v) is 5.36. The first kappa shape index (κ1) is 27.2. The van der Waals surface area contributed by atoms with Gasteiger partial charge < -0.3 is 24.2 Å². The highest BCUT2D eigenvalue weighted by Gasteiger charge is 2.38. The van der Waals surface area contributed by atoms with E-state index in [-0.39, 0.29) is 30.5 Å². The minimum absolute atomic E-state index is 0.0260. The van der Waals surface area contributed by atoms with E-state index in [1.54, 1.807) is 17.0 Å². The molecule has 0 aliphatic carbocycles. The fourth-order valence-corrected chi connectivity index (χ4v) is 3.79. The summed E-state index contributed by atoms with van der Waals surface area (Å²) in [5.74, 6) is -0.273. The van der Waals surface area contributed by atoms with Crippen molar-refractivity contribution >= 4 is 6.09 Å². The minimum Gasteiger partial charge on any atom is -0.444 e. The van der Waals surface area contributed by atoms with Crippen LogP contribution in [0.15, 0.2) is 24.3 Å². The van der Waals surface area contributed by atoms with Gasteiger partial charge in [0.15, 0.2) is 0 Å². The predicted octanol–water partition coefficient (Wildman–Crippen LogP) is 4.36. The number of amides is 1. The van der Waals surface area contributed by atoms with E-state index in [1.807, 2.05) is 34.6 Å². The van der Waals surface area contributed by atoms with Crippen LogP contribution in [0.1, 0.15) is 52.6 Å². The maximum atomic E-state index is 12.7. The van der Waals surface area contributed by atoms with Gasteiger partial charge >= 0.3 is 12.5 Å². The molecule has 1 heterocycles. The Morgan fingerprint density at radius 3 is 2.36 bits per heavy atom. The number of halogens is 3. The Bertz CT molecular complexity index is 752. The van der Waals surface area contributed by atoms with Gasteiger partial charge in [-0.3, -0.25) is 4.90 Å². The molecule has 0 spiro atoms. The SMILES string of the molecule is CC(c1ccc(OC(F)(F)F)cc1)N1C[C@H](C)N(C(=O)OC(C)(C)C)C[C@H]1COCCCO. The van der Waals surface area contributed by atoms with Gasteiger partial charge in [-0.25, -0.2) is 4.79 Å². The molecule has 0 radical (unpaired) electrons. The number of ether oxygens (including phenoxy) is 3. The Morgan fingerprint density at radius 2 is 1.82 bits per heavy atom. The van der Waals surface area contributed by atoms with Crippen LogP contribution in [0.5, 0.6) is 5.75 Å². The van der Waals surface area contributed by atoms with Gasteiger partial charge in [-0.1, -0.05) is 12.1 Å². The maximum absolute atomic E-state index is 12.7. The van der Waals surface area contributed by atoms with Gasteiger partial charge in [-0.2, -0.15) is 0 Å². The topological polar surface area (TPSA) is 71.5 Å². The van der Waals surface area contributed by atoms with E-state index < -0.39 is 18.1 Å². The second kappa shape index (κ2) is 11.4. The Kier molecular flexibility index (Phi) is 9.39. The number of aliphatic hydroxyl groups excluding tert-OH is 1. The number of hydrogen-bond acceptors (Lipinski definition) is 6. The predicted molar refractivity (Wildman–Crippen MR) is 117 cm³/mol. The molecule has 0 aromatic heterocycles. The summed E-state index contributed by atoms with van der Waals surface area (Å²) in [6, 6.07) is 5.39. The number of nitrogens with zero attached hydrogens (tertiary/aromatic N) is 2. The number of carbonyl (C=O) groups excluding carboxylic acids is 1. The zero-order valence-electron chi connectivity index (χ0n) is 19.9. The highest BCUT2D eigenvalue weighted by atomic mass is 19.4. The molecule has 1 N–H and O–H groups in total. The van der Waals surface area contributed by atoms with Crippen LogP contribution in [0.2, 0.25) is 0 Å². The van der Waals surface area contributed by atoms with Crippen LogP contribution in [0, 0.1) is 0 Å². The van der Waals surface area contributed by atoms with Gasteiger partial charge in [0.05, 0.1) is 12.6 Å². The summed E-state index contributed by atoms with van der Waals surface area (Å²) < 4.78 is 52.7. The second-order valence-electron chi connectivity index (χ2n) is 9.28. The zero-order valence-corrected chi connectivity index (χ0v) is 19.9. The first-order valence-electron chi connectivity index (χ1n) is 11.1. The highest BCUT2D eigenvalue weighted by molar-refractivity contribution is 5.68. The lowest BCUT2D eigenvalue weighted by molar-refractivity contribution is -0.274. The van der Waals surface area contributed by atoms with E-state index in [4.69, 9.17) is 14.6 Å². The van der Waals surface area contributed by atoms with E-state index in [0.717, 1.165) is 5.56 Å². The van der Waals surface area contributed by atoms with Crippen molar-refractivity contribution in [3.05, 3.63) is 29.8 Å². The Balaban J connectivity index is 2.17. The molecule has 33 heavy (non-hydrogen) atoms. The van der Waals surface area contributed by atoms with Crippen molar-refractivity contribution in [2.75, 3.05) is 32.9 Å². The Hall–Kier alpha value is -2.04. The molecule has 3 atom stereocenters. The normalized spacial score (nSPS) is 21.1. The lowest BCUT2D eigenvalue weighted by Gasteiger charge is -2.47. The highest BCUT2D eigenvalue weighted by Crippen LogP contribution is 2.30. The summed E-state index contributed by atoms with van der Waals surface area (Å²) in [5, 5.41) is 9.00. The number of aliphatic hydroxyl groups is 1. The standard InChI is InChI=1S/C23H35F3N2O5/c1-16-13-28(17(2)18-7-9-20(10-8-18)32-23(24,25)26)19(15-31-12-6-11-29)14-27(16)21(30)33-22(3,4)5/h7-10,16-17,19,29H,6,11-15H2,1-5H3/t16-,17?,19-/m0/s1. The molecule has 1 aliphatic rings. The van der Waals surface area contributed by atoms with Crippen molar-refractivity contribution in [1.29, 1.82) is 0 Å². The summed E-state index contributed by atoms with van der Waals surface area (Å²) in [5.41, 5.74) is 0.206. The van der Waals surface area contributed by atoms with E-state index in [1.165, 1.54) is 12.1 Å². The maximum Gasteiger partial charge on any atom is 0.573 e. The molecule has 0 saturated carbocycles. The van der Waals surface area contributed by atoms with Gasteiger partial charge in [-0.15, -0.1) is 13.2 Å². The average molecular weight is 477 g/mol.